The summed E-state index contributed by atoms with van der Waals surface area (Å²) in [6, 6.07) is 21.7. The second kappa shape index (κ2) is 14.7. The molecule has 0 heterocycles. The highest BCUT2D eigenvalue weighted by Crippen LogP contribution is 2.25. The summed E-state index contributed by atoms with van der Waals surface area (Å²) in [5.74, 6) is 0.156. The number of nitrogens with one attached hydrogen (secondary N) is 1. The summed E-state index contributed by atoms with van der Waals surface area (Å²) in [7, 11) is -2.51. The van der Waals surface area contributed by atoms with Gasteiger partial charge in [-0.05, 0) is 66.3 Å². The number of anilines is 1. The number of methoxy groups -OCH3 is 1. The van der Waals surface area contributed by atoms with Crippen LogP contribution in [0.15, 0.2) is 83.8 Å². The molecule has 0 bridgehead atoms. The van der Waals surface area contributed by atoms with Crippen molar-refractivity contribution in [1.82, 2.24) is 10.2 Å². The van der Waals surface area contributed by atoms with Crippen LogP contribution in [-0.2, 0) is 32.6 Å². The third-order valence-corrected chi connectivity index (χ3v) is 8.61. The molecule has 220 valence electrons. The third-order valence-electron chi connectivity index (χ3n) is 6.83. The molecule has 3 aromatic carbocycles. The van der Waals surface area contributed by atoms with Gasteiger partial charge >= 0.3 is 0 Å². The minimum absolute atomic E-state index is 0.0794. The molecular weight excluding hydrogens is 538 g/mol. The zero-order chi connectivity index (χ0) is 30.0. The number of nitrogens with zero attached hydrogens (tertiary/aromatic N) is 2. The minimum atomic E-state index is -4.09. The van der Waals surface area contributed by atoms with E-state index in [1.54, 1.807) is 49.6 Å². The minimum Gasteiger partial charge on any atom is -0.497 e. The van der Waals surface area contributed by atoms with Crippen molar-refractivity contribution in [2.75, 3.05) is 24.5 Å². The van der Waals surface area contributed by atoms with Crippen LogP contribution in [0.1, 0.15) is 45.2 Å². The van der Waals surface area contributed by atoms with Gasteiger partial charge in [-0.15, -0.1) is 0 Å². The normalized spacial score (nSPS) is 12.0. The number of carbonyl (C=O) groups is 2. The van der Waals surface area contributed by atoms with Crippen LogP contribution in [0.3, 0.4) is 0 Å². The molecule has 0 spiro atoms. The maximum atomic E-state index is 14.1. The fourth-order valence-electron chi connectivity index (χ4n) is 4.42. The molecule has 0 aromatic heterocycles. The van der Waals surface area contributed by atoms with Crippen molar-refractivity contribution in [1.29, 1.82) is 0 Å². The van der Waals surface area contributed by atoms with Crippen LogP contribution >= 0.6 is 0 Å². The number of benzene rings is 3. The van der Waals surface area contributed by atoms with E-state index in [-0.39, 0.29) is 23.3 Å². The average molecular weight is 580 g/mol. The summed E-state index contributed by atoms with van der Waals surface area (Å²) < 4.78 is 34.2. The van der Waals surface area contributed by atoms with Gasteiger partial charge in [0.2, 0.25) is 11.8 Å². The molecule has 8 nitrogen and oxygen atoms in total. The fraction of sp³-hybridized carbons (Fsp3) is 0.375. The summed E-state index contributed by atoms with van der Waals surface area (Å²) in [6.07, 6.45) is 1.16. The molecule has 3 aromatic rings. The Balaban J connectivity index is 2.03. The topological polar surface area (TPSA) is 96.0 Å². The van der Waals surface area contributed by atoms with Gasteiger partial charge < -0.3 is 15.0 Å². The Kier molecular flexibility index (Phi) is 11.3. The lowest BCUT2D eigenvalue weighted by molar-refractivity contribution is -0.140. The predicted octanol–water partition coefficient (Wildman–Crippen LogP) is 5.03. The van der Waals surface area contributed by atoms with Crippen LogP contribution in [0, 0.1) is 5.92 Å². The Morgan fingerprint density at radius 1 is 0.878 bits per heavy atom. The first-order valence-electron chi connectivity index (χ1n) is 14.0. The van der Waals surface area contributed by atoms with Gasteiger partial charge in [0.05, 0.1) is 17.7 Å². The van der Waals surface area contributed by atoms with E-state index >= 15 is 0 Å². The van der Waals surface area contributed by atoms with Crippen molar-refractivity contribution >= 4 is 27.5 Å². The Bertz CT molecular complexity index is 1380. The number of carbonyl (C=O) groups excluding carboxylic acids is 2. The first-order valence-corrected chi connectivity index (χ1v) is 15.4. The fourth-order valence-corrected chi connectivity index (χ4v) is 5.85. The van der Waals surface area contributed by atoms with Gasteiger partial charge in [-0.3, -0.25) is 13.9 Å². The van der Waals surface area contributed by atoms with E-state index in [0.29, 0.717) is 24.4 Å². The second-order valence-electron chi connectivity index (χ2n) is 10.3. The lowest BCUT2D eigenvalue weighted by atomic mass is 10.1. The zero-order valence-corrected chi connectivity index (χ0v) is 25.4. The maximum Gasteiger partial charge on any atom is 0.264 e. The molecule has 0 fully saturated rings. The van der Waals surface area contributed by atoms with Gasteiger partial charge in [-0.25, -0.2) is 8.42 Å². The quantitative estimate of drug-likeness (QED) is 0.289. The molecule has 41 heavy (non-hydrogen) atoms. The van der Waals surface area contributed by atoms with E-state index in [1.165, 1.54) is 17.0 Å². The Hall–Kier alpha value is -3.85. The largest absolute Gasteiger partial charge is 0.497 e. The van der Waals surface area contributed by atoms with E-state index < -0.39 is 28.5 Å². The number of hydrogen-bond acceptors (Lipinski definition) is 5. The van der Waals surface area contributed by atoms with Crippen LogP contribution in [0.2, 0.25) is 0 Å². The molecule has 2 amide bonds. The number of sulfonamides is 1. The molecule has 0 aliphatic heterocycles. The van der Waals surface area contributed by atoms with Crippen LogP contribution in [0.25, 0.3) is 0 Å². The molecule has 0 unspecified atom stereocenters. The van der Waals surface area contributed by atoms with E-state index in [9.17, 15) is 18.0 Å². The number of hydrogen-bond donors (Lipinski definition) is 1. The van der Waals surface area contributed by atoms with E-state index in [4.69, 9.17) is 4.74 Å². The average Bonchev–Trinajstić information content (AvgIpc) is 2.99. The highest BCUT2D eigenvalue weighted by molar-refractivity contribution is 7.92. The molecule has 3 rings (SSSR count). The van der Waals surface area contributed by atoms with Crippen molar-refractivity contribution in [2.45, 2.75) is 58.0 Å². The zero-order valence-electron chi connectivity index (χ0n) is 24.5. The first-order chi connectivity index (χ1) is 19.6. The van der Waals surface area contributed by atoms with Gasteiger partial charge in [0, 0.05) is 13.1 Å². The Morgan fingerprint density at radius 2 is 1.49 bits per heavy atom. The second-order valence-corrected chi connectivity index (χ2v) is 12.1. The molecule has 9 heteroatoms. The smallest absolute Gasteiger partial charge is 0.264 e. The number of ether oxygens (including phenoxy) is 1. The maximum absolute atomic E-state index is 14.1. The standard InChI is InChI=1S/C32H41N3O5S/c1-6-25-13-17-27(18-14-25)35(41(38,39)29-11-9-8-10-12-29)23-31(36)34(22-26-15-19-28(40-5)20-16-26)30(7-2)32(37)33-21-24(3)4/h8-20,24,30H,6-7,21-23H2,1-5H3,(H,33,37)/t30-/m1/s1. The summed E-state index contributed by atoms with van der Waals surface area (Å²) in [5, 5.41) is 2.94. The molecule has 0 radical (unpaired) electrons. The van der Waals surface area contributed by atoms with Gasteiger partial charge in [0.25, 0.3) is 10.0 Å². The van der Waals surface area contributed by atoms with Gasteiger partial charge in [0.15, 0.2) is 0 Å². The lowest BCUT2D eigenvalue weighted by Crippen LogP contribution is -2.52. The van der Waals surface area contributed by atoms with Crippen molar-refractivity contribution in [2.24, 2.45) is 5.92 Å². The van der Waals surface area contributed by atoms with E-state index in [2.05, 4.69) is 5.32 Å². The molecule has 0 aliphatic rings. The highest BCUT2D eigenvalue weighted by atomic mass is 32.2. The van der Waals surface area contributed by atoms with Gasteiger partial charge in [-0.1, -0.05) is 70.2 Å². The first kappa shape index (κ1) is 31.7. The lowest BCUT2D eigenvalue weighted by Gasteiger charge is -2.33. The monoisotopic (exact) mass is 579 g/mol. The summed E-state index contributed by atoms with van der Waals surface area (Å²) in [5.41, 5.74) is 2.21. The van der Waals surface area contributed by atoms with Crippen molar-refractivity contribution in [3.63, 3.8) is 0 Å². The van der Waals surface area contributed by atoms with Crippen LogP contribution in [-0.4, -0.2) is 51.4 Å². The predicted molar refractivity (Wildman–Crippen MR) is 162 cm³/mol. The van der Waals surface area contributed by atoms with E-state index in [1.807, 2.05) is 52.0 Å². The number of rotatable bonds is 14. The molecule has 0 aliphatic carbocycles. The Labute approximate surface area is 244 Å². The number of aryl methyl sites for hydroxylation is 1. The molecule has 1 atom stereocenters. The summed E-state index contributed by atoms with van der Waals surface area (Å²) >= 11 is 0. The van der Waals surface area contributed by atoms with Gasteiger partial charge in [-0.2, -0.15) is 0 Å². The Morgan fingerprint density at radius 3 is 2.02 bits per heavy atom. The molecular formula is C32H41N3O5S. The highest BCUT2D eigenvalue weighted by Gasteiger charge is 2.33. The van der Waals surface area contributed by atoms with Crippen LogP contribution in [0.4, 0.5) is 5.69 Å². The molecule has 0 saturated heterocycles. The third kappa shape index (κ3) is 8.33. The summed E-state index contributed by atoms with van der Waals surface area (Å²) in [6.45, 7) is 7.99. The molecule has 1 N–H and O–H groups in total. The summed E-state index contributed by atoms with van der Waals surface area (Å²) in [4.78, 5) is 29.0. The molecule has 0 saturated carbocycles. The van der Waals surface area contributed by atoms with Crippen LogP contribution < -0.4 is 14.4 Å². The van der Waals surface area contributed by atoms with Crippen molar-refractivity contribution in [3.8, 4) is 5.75 Å². The van der Waals surface area contributed by atoms with Crippen LogP contribution in [0.5, 0.6) is 5.75 Å². The van der Waals surface area contributed by atoms with E-state index in [0.717, 1.165) is 21.9 Å². The van der Waals surface area contributed by atoms with Gasteiger partial charge in [0.1, 0.15) is 18.3 Å². The SMILES string of the molecule is CCc1ccc(N(CC(=O)N(Cc2ccc(OC)cc2)[C@H](CC)C(=O)NCC(C)C)S(=O)(=O)c2ccccc2)cc1. The van der Waals surface area contributed by atoms with Crippen molar-refractivity contribution in [3.05, 3.63) is 90.0 Å². The van der Waals surface area contributed by atoms with Crippen molar-refractivity contribution < 1.29 is 22.7 Å². The number of amides is 2.